The normalized spacial score (nSPS) is 21.9. The third-order valence-electron chi connectivity index (χ3n) is 6.92. The molecule has 2 atom stereocenters. The number of hydrogen-bond donors (Lipinski definition) is 1. The van der Waals surface area contributed by atoms with Crippen molar-refractivity contribution in [1.82, 2.24) is 10.2 Å². The number of nitrogens with one attached hydrogen (secondary N) is 1. The molecule has 1 aliphatic heterocycles. The van der Waals surface area contributed by atoms with Crippen LogP contribution in [0.1, 0.15) is 31.7 Å². The summed E-state index contributed by atoms with van der Waals surface area (Å²) in [6, 6.07) is 18.8. The van der Waals surface area contributed by atoms with Gasteiger partial charge in [0.05, 0.1) is 5.41 Å². The SMILES string of the molecule is C=CCNC(=O)C1(Cc2cccc(-c3ccccc3)c2)CCN(C(=O)C2CC2C)CC1. The average Bonchev–Trinajstić information content (AvgIpc) is 3.54. The molecule has 2 aromatic rings. The van der Waals surface area contributed by atoms with Gasteiger partial charge in [-0.15, -0.1) is 6.58 Å². The largest absolute Gasteiger partial charge is 0.352 e. The molecule has 2 amide bonds. The Hall–Kier alpha value is -2.88. The predicted octanol–water partition coefficient (Wildman–Crippen LogP) is 4.46. The quantitative estimate of drug-likeness (QED) is 0.678. The average molecular weight is 417 g/mol. The van der Waals surface area contributed by atoms with E-state index in [0.29, 0.717) is 44.8 Å². The summed E-state index contributed by atoms with van der Waals surface area (Å²) in [6.07, 6.45) is 4.79. The second-order valence-corrected chi connectivity index (χ2v) is 9.17. The van der Waals surface area contributed by atoms with Gasteiger partial charge in [0.25, 0.3) is 0 Å². The molecule has 1 aliphatic carbocycles. The summed E-state index contributed by atoms with van der Waals surface area (Å²) in [5.74, 6) is 1.06. The van der Waals surface area contributed by atoms with E-state index in [2.05, 4.69) is 55.2 Å². The van der Waals surface area contributed by atoms with Crippen LogP contribution in [0.25, 0.3) is 11.1 Å². The second-order valence-electron chi connectivity index (χ2n) is 9.17. The summed E-state index contributed by atoms with van der Waals surface area (Å²) in [7, 11) is 0. The highest BCUT2D eigenvalue weighted by molar-refractivity contribution is 5.85. The van der Waals surface area contributed by atoms with E-state index < -0.39 is 5.41 Å². The van der Waals surface area contributed by atoms with Crippen LogP contribution in [-0.4, -0.2) is 36.3 Å². The van der Waals surface area contributed by atoms with E-state index in [1.807, 2.05) is 23.1 Å². The van der Waals surface area contributed by atoms with Gasteiger partial charge in [-0.2, -0.15) is 0 Å². The van der Waals surface area contributed by atoms with Crippen LogP contribution in [0.5, 0.6) is 0 Å². The minimum absolute atomic E-state index is 0.0735. The van der Waals surface area contributed by atoms with Gasteiger partial charge in [0.2, 0.25) is 11.8 Å². The van der Waals surface area contributed by atoms with Crippen molar-refractivity contribution in [2.45, 2.75) is 32.6 Å². The van der Waals surface area contributed by atoms with Gasteiger partial charge in [0.1, 0.15) is 0 Å². The number of carbonyl (C=O) groups excluding carboxylic acids is 2. The molecule has 0 aromatic heterocycles. The molecule has 0 bridgehead atoms. The highest BCUT2D eigenvalue weighted by atomic mass is 16.2. The Morgan fingerprint density at radius 2 is 1.77 bits per heavy atom. The summed E-state index contributed by atoms with van der Waals surface area (Å²) in [5.41, 5.74) is 3.00. The molecular weight excluding hydrogens is 384 g/mol. The van der Waals surface area contributed by atoms with E-state index in [1.165, 1.54) is 5.56 Å². The van der Waals surface area contributed by atoms with Crippen LogP contribution in [0.4, 0.5) is 0 Å². The standard InChI is InChI=1S/C27H32N2O2/c1-3-14-28-26(31)27(12-15-29(16-13-27)25(30)24-17-20(24)2)19-21-8-7-11-23(18-21)22-9-5-4-6-10-22/h3-11,18,20,24H,1,12-17,19H2,2H3,(H,28,31). The lowest BCUT2D eigenvalue weighted by Crippen LogP contribution is -2.51. The molecule has 2 aromatic carbocycles. The van der Waals surface area contributed by atoms with Crippen molar-refractivity contribution < 1.29 is 9.59 Å². The van der Waals surface area contributed by atoms with Gasteiger partial charge in [-0.3, -0.25) is 9.59 Å². The molecule has 31 heavy (non-hydrogen) atoms. The number of rotatable bonds is 7. The van der Waals surface area contributed by atoms with Crippen LogP contribution in [-0.2, 0) is 16.0 Å². The predicted molar refractivity (Wildman–Crippen MR) is 124 cm³/mol. The highest BCUT2D eigenvalue weighted by Crippen LogP contribution is 2.42. The Morgan fingerprint density at radius 3 is 2.42 bits per heavy atom. The summed E-state index contributed by atoms with van der Waals surface area (Å²) in [4.78, 5) is 27.9. The van der Waals surface area contributed by atoms with Crippen molar-refractivity contribution in [2.75, 3.05) is 19.6 Å². The third-order valence-corrected chi connectivity index (χ3v) is 6.92. The van der Waals surface area contributed by atoms with Crippen molar-refractivity contribution in [3.8, 4) is 11.1 Å². The van der Waals surface area contributed by atoms with Gasteiger partial charge in [0, 0.05) is 25.6 Å². The Kier molecular flexibility index (Phi) is 6.26. The van der Waals surface area contributed by atoms with Crippen molar-refractivity contribution in [2.24, 2.45) is 17.3 Å². The molecule has 0 spiro atoms. The minimum Gasteiger partial charge on any atom is -0.352 e. The molecule has 162 valence electrons. The van der Waals surface area contributed by atoms with E-state index in [4.69, 9.17) is 0 Å². The van der Waals surface area contributed by atoms with Gasteiger partial charge >= 0.3 is 0 Å². The van der Waals surface area contributed by atoms with Crippen LogP contribution in [0, 0.1) is 17.3 Å². The molecular formula is C27H32N2O2. The van der Waals surface area contributed by atoms with Crippen molar-refractivity contribution >= 4 is 11.8 Å². The van der Waals surface area contributed by atoms with Gasteiger partial charge in [-0.1, -0.05) is 67.6 Å². The zero-order valence-electron chi connectivity index (χ0n) is 18.3. The van der Waals surface area contributed by atoms with Crippen LogP contribution in [0.2, 0.25) is 0 Å². The molecule has 4 heteroatoms. The highest BCUT2D eigenvalue weighted by Gasteiger charge is 2.46. The molecule has 4 rings (SSSR count). The Bertz CT molecular complexity index is 945. The van der Waals surface area contributed by atoms with Crippen LogP contribution in [0.3, 0.4) is 0 Å². The summed E-state index contributed by atoms with van der Waals surface area (Å²) < 4.78 is 0. The van der Waals surface area contributed by atoms with E-state index in [-0.39, 0.29) is 17.7 Å². The number of likely N-dealkylation sites (tertiary alicyclic amines) is 1. The van der Waals surface area contributed by atoms with Gasteiger partial charge < -0.3 is 10.2 Å². The first-order valence-corrected chi connectivity index (χ1v) is 11.3. The molecule has 1 N–H and O–H groups in total. The molecule has 1 saturated carbocycles. The van der Waals surface area contributed by atoms with Gasteiger partial charge in [-0.25, -0.2) is 0 Å². The molecule has 1 saturated heterocycles. The lowest BCUT2D eigenvalue weighted by atomic mass is 9.72. The van der Waals surface area contributed by atoms with Crippen LogP contribution in [0.15, 0.2) is 67.3 Å². The molecule has 4 nitrogen and oxygen atoms in total. The maximum atomic E-state index is 13.3. The zero-order chi connectivity index (χ0) is 21.8. The fourth-order valence-corrected chi connectivity index (χ4v) is 4.77. The number of benzene rings is 2. The first-order valence-electron chi connectivity index (χ1n) is 11.3. The monoisotopic (exact) mass is 416 g/mol. The van der Waals surface area contributed by atoms with E-state index in [0.717, 1.165) is 17.5 Å². The van der Waals surface area contributed by atoms with Crippen molar-refractivity contribution in [3.05, 3.63) is 72.8 Å². The van der Waals surface area contributed by atoms with E-state index in [9.17, 15) is 9.59 Å². The van der Waals surface area contributed by atoms with Gasteiger partial charge in [0.15, 0.2) is 0 Å². The lowest BCUT2D eigenvalue weighted by molar-refractivity contribution is -0.141. The number of hydrogen-bond acceptors (Lipinski definition) is 2. The summed E-state index contributed by atoms with van der Waals surface area (Å²) in [6.45, 7) is 7.64. The Balaban J connectivity index is 1.53. The smallest absolute Gasteiger partial charge is 0.226 e. The first kappa shape index (κ1) is 21.4. The summed E-state index contributed by atoms with van der Waals surface area (Å²) >= 11 is 0. The van der Waals surface area contributed by atoms with Crippen molar-refractivity contribution in [3.63, 3.8) is 0 Å². The third kappa shape index (κ3) is 4.73. The number of piperidine rings is 1. The Morgan fingerprint density at radius 1 is 1.10 bits per heavy atom. The van der Waals surface area contributed by atoms with Gasteiger partial charge in [-0.05, 0) is 48.3 Å². The number of carbonyl (C=O) groups is 2. The number of amides is 2. The molecule has 2 unspecified atom stereocenters. The van der Waals surface area contributed by atoms with E-state index in [1.54, 1.807) is 6.08 Å². The second kappa shape index (κ2) is 9.09. The minimum atomic E-state index is -0.496. The Labute approximate surface area is 185 Å². The lowest BCUT2D eigenvalue weighted by Gasteiger charge is -2.41. The topological polar surface area (TPSA) is 49.4 Å². The van der Waals surface area contributed by atoms with Crippen molar-refractivity contribution in [1.29, 1.82) is 0 Å². The number of nitrogens with zero attached hydrogens (tertiary/aromatic N) is 1. The van der Waals surface area contributed by atoms with Crippen LogP contribution < -0.4 is 5.32 Å². The molecule has 1 heterocycles. The van der Waals surface area contributed by atoms with E-state index >= 15 is 0 Å². The fourth-order valence-electron chi connectivity index (χ4n) is 4.77. The molecule has 2 fully saturated rings. The molecule has 2 aliphatic rings. The first-order chi connectivity index (χ1) is 15.0. The molecule has 0 radical (unpaired) electrons. The van der Waals surface area contributed by atoms with Crippen LogP contribution >= 0.6 is 0 Å². The summed E-state index contributed by atoms with van der Waals surface area (Å²) in [5, 5.41) is 3.04. The zero-order valence-corrected chi connectivity index (χ0v) is 18.3. The fraction of sp³-hybridized carbons (Fsp3) is 0.407. The maximum Gasteiger partial charge on any atom is 0.226 e. The maximum absolute atomic E-state index is 13.3.